The molecule has 2 aromatic rings. The van der Waals surface area contributed by atoms with Crippen LogP contribution in [0.15, 0.2) is 45.3 Å². The number of hydrogen-bond acceptors (Lipinski definition) is 3. The number of carbonyl (C=O) groups is 1. The van der Waals surface area contributed by atoms with Gasteiger partial charge in [-0.15, -0.1) is 0 Å². The quantitative estimate of drug-likeness (QED) is 0.780. The van der Waals surface area contributed by atoms with Gasteiger partial charge in [0.25, 0.3) is 5.91 Å². The van der Waals surface area contributed by atoms with Gasteiger partial charge in [0, 0.05) is 21.7 Å². The molecule has 1 aliphatic heterocycles. The maximum absolute atomic E-state index is 12.5. The molecule has 3 rings (SSSR count). The summed E-state index contributed by atoms with van der Waals surface area (Å²) in [6.45, 7) is 1.51. The van der Waals surface area contributed by atoms with Gasteiger partial charge >= 0.3 is 0 Å². The van der Waals surface area contributed by atoms with Crippen LogP contribution in [0.5, 0.6) is 5.75 Å². The summed E-state index contributed by atoms with van der Waals surface area (Å²) < 4.78 is 7.10. The van der Waals surface area contributed by atoms with Crippen molar-refractivity contribution in [1.82, 2.24) is 0 Å². The van der Waals surface area contributed by atoms with E-state index in [2.05, 4.69) is 42.1 Å². The van der Waals surface area contributed by atoms with E-state index in [0.29, 0.717) is 12.2 Å². The minimum atomic E-state index is -0.168. The molecule has 0 aliphatic carbocycles. The molecule has 0 unspecified atom stereocenters. The second-order valence-corrected chi connectivity index (χ2v) is 6.71. The number of benzene rings is 2. The van der Waals surface area contributed by atoms with Crippen molar-refractivity contribution in [2.24, 2.45) is 0 Å². The van der Waals surface area contributed by atoms with Gasteiger partial charge in [-0.1, -0.05) is 6.07 Å². The number of likely N-dealkylation sites (N-methyl/N-ethyl adjacent to an activating group) is 1. The molecule has 0 saturated carbocycles. The van der Waals surface area contributed by atoms with Crippen molar-refractivity contribution >= 4 is 49.1 Å². The summed E-state index contributed by atoms with van der Waals surface area (Å²) in [5, 5.41) is 2.93. The molecule has 0 aromatic heterocycles. The second-order valence-electron chi connectivity index (χ2n) is 5.00. The molecule has 4 nitrogen and oxygen atoms in total. The molecule has 0 bridgehead atoms. The number of halogens is 2. The van der Waals surface area contributed by atoms with Crippen LogP contribution in [0.25, 0.3) is 0 Å². The number of ether oxygens (including phenoxy) is 1. The molecule has 6 heteroatoms. The Hall–Kier alpha value is -1.53. The minimum absolute atomic E-state index is 0.168. The summed E-state index contributed by atoms with van der Waals surface area (Å²) in [5.74, 6) is 0.674. The number of carbonyl (C=O) groups excluding carboxylic acids is 1. The van der Waals surface area contributed by atoms with Crippen molar-refractivity contribution in [3.05, 3.63) is 50.9 Å². The first-order valence-corrected chi connectivity index (χ1v) is 8.38. The van der Waals surface area contributed by atoms with Crippen LogP contribution < -0.4 is 15.0 Å². The molecule has 1 aliphatic rings. The first-order chi connectivity index (χ1) is 10.6. The van der Waals surface area contributed by atoms with Crippen molar-refractivity contribution in [2.75, 3.05) is 30.4 Å². The van der Waals surface area contributed by atoms with E-state index in [1.54, 1.807) is 0 Å². The Labute approximate surface area is 145 Å². The van der Waals surface area contributed by atoms with Gasteiger partial charge in [-0.05, 0) is 62.2 Å². The molecule has 0 saturated heterocycles. The number of hydrogen-bond donors (Lipinski definition) is 1. The smallest absolute Gasteiger partial charge is 0.257 e. The van der Waals surface area contributed by atoms with E-state index in [4.69, 9.17) is 4.74 Å². The topological polar surface area (TPSA) is 41.6 Å². The fraction of sp³-hybridized carbons (Fsp3) is 0.188. The fourth-order valence-electron chi connectivity index (χ4n) is 2.34. The van der Waals surface area contributed by atoms with Crippen molar-refractivity contribution in [2.45, 2.75) is 0 Å². The van der Waals surface area contributed by atoms with Crippen molar-refractivity contribution in [3.8, 4) is 5.75 Å². The van der Waals surface area contributed by atoms with E-state index in [1.807, 2.05) is 43.4 Å². The van der Waals surface area contributed by atoms with Gasteiger partial charge in [0.1, 0.15) is 12.4 Å². The molecule has 2 aromatic carbocycles. The van der Waals surface area contributed by atoms with Crippen LogP contribution in [-0.4, -0.2) is 26.1 Å². The molecule has 0 radical (unpaired) electrons. The predicted octanol–water partition coefficient (Wildman–Crippen LogP) is 4.29. The number of fused-ring (bicyclic) bond motifs is 1. The number of anilines is 2. The van der Waals surface area contributed by atoms with Crippen LogP contribution in [-0.2, 0) is 0 Å². The van der Waals surface area contributed by atoms with Crippen LogP contribution >= 0.6 is 31.9 Å². The Kier molecular flexibility index (Phi) is 4.40. The summed E-state index contributed by atoms with van der Waals surface area (Å²) in [7, 11) is 2.01. The highest BCUT2D eigenvalue weighted by atomic mass is 79.9. The predicted molar refractivity (Wildman–Crippen MR) is 95.0 cm³/mol. The zero-order chi connectivity index (χ0) is 15.7. The van der Waals surface area contributed by atoms with E-state index in [0.717, 1.165) is 32.6 Å². The molecule has 22 heavy (non-hydrogen) atoms. The van der Waals surface area contributed by atoms with Crippen molar-refractivity contribution < 1.29 is 9.53 Å². The van der Waals surface area contributed by atoms with Gasteiger partial charge < -0.3 is 15.0 Å². The lowest BCUT2D eigenvalue weighted by Gasteiger charge is -2.28. The third-order valence-corrected chi connectivity index (χ3v) is 4.82. The van der Waals surface area contributed by atoms with Gasteiger partial charge in [-0.25, -0.2) is 0 Å². The summed E-state index contributed by atoms with van der Waals surface area (Å²) >= 11 is 6.82. The molecule has 1 N–H and O–H groups in total. The lowest BCUT2D eigenvalue weighted by molar-refractivity contribution is 0.102. The molecule has 114 valence electrons. The van der Waals surface area contributed by atoms with Crippen LogP contribution in [0.3, 0.4) is 0 Å². The van der Waals surface area contributed by atoms with Gasteiger partial charge in [0.2, 0.25) is 0 Å². The number of amides is 1. The highest BCUT2D eigenvalue weighted by molar-refractivity contribution is 9.11. The Balaban J connectivity index is 1.87. The summed E-state index contributed by atoms with van der Waals surface area (Å²) in [4.78, 5) is 14.6. The third kappa shape index (κ3) is 2.98. The van der Waals surface area contributed by atoms with E-state index in [9.17, 15) is 4.79 Å². The average Bonchev–Trinajstić information content (AvgIpc) is 2.48. The zero-order valence-corrected chi connectivity index (χ0v) is 15.1. The van der Waals surface area contributed by atoms with Crippen LogP contribution in [0, 0.1) is 0 Å². The molecule has 0 fully saturated rings. The monoisotopic (exact) mass is 424 g/mol. The van der Waals surface area contributed by atoms with E-state index in [-0.39, 0.29) is 5.91 Å². The minimum Gasteiger partial charge on any atom is -0.490 e. The molecular formula is C16H14Br2N2O2. The average molecular weight is 426 g/mol. The molecular weight excluding hydrogens is 412 g/mol. The fourth-order valence-corrected chi connectivity index (χ4v) is 3.70. The normalized spacial score (nSPS) is 13.3. The second kappa shape index (κ2) is 6.30. The Morgan fingerprint density at radius 2 is 1.95 bits per heavy atom. The zero-order valence-electron chi connectivity index (χ0n) is 11.9. The number of nitrogens with one attached hydrogen (secondary N) is 1. The Bertz CT molecular complexity index is 714. The number of nitrogens with zero attached hydrogens (tertiary/aromatic N) is 1. The van der Waals surface area contributed by atoms with Gasteiger partial charge in [-0.2, -0.15) is 0 Å². The van der Waals surface area contributed by atoms with Crippen molar-refractivity contribution in [1.29, 1.82) is 0 Å². The van der Waals surface area contributed by atoms with Crippen molar-refractivity contribution in [3.63, 3.8) is 0 Å². The van der Waals surface area contributed by atoms with Crippen LogP contribution in [0.2, 0.25) is 0 Å². The van der Waals surface area contributed by atoms with E-state index in [1.165, 1.54) is 0 Å². The van der Waals surface area contributed by atoms with Crippen LogP contribution in [0.1, 0.15) is 10.4 Å². The summed E-state index contributed by atoms with van der Waals surface area (Å²) in [6.07, 6.45) is 0. The van der Waals surface area contributed by atoms with Gasteiger partial charge in [0.05, 0.1) is 17.8 Å². The molecule has 0 atom stereocenters. The highest BCUT2D eigenvalue weighted by Crippen LogP contribution is 2.34. The third-order valence-electron chi connectivity index (χ3n) is 3.50. The lowest BCUT2D eigenvalue weighted by atomic mass is 10.2. The maximum Gasteiger partial charge on any atom is 0.257 e. The largest absolute Gasteiger partial charge is 0.490 e. The molecule has 0 spiro atoms. The Morgan fingerprint density at radius 1 is 1.23 bits per heavy atom. The van der Waals surface area contributed by atoms with Gasteiger partial charge in [-0.3, -0.25) is 4.79 Å². The molecule has 1 heterocycles. The van der Waals surface area contributed by atoms with Gasteiger partial charge in [0.15, 0.2) is 0 Å². The lowest BCUT2D eigenvalue weighted by Crippen LogP contribution is -2.28. The highest BCUT2D eigenvalue weighted by Gasteiger charge is 2.18. The van der Waals surface area contributed by atoms with E-state index < -0.39 is 0 Å². The SMILES string of the molecule is CN1CCOc2ccc(NC(=O)c3c(Br)cccc3Br)cc21. The summed E-state index contributed by atoms with van der Waals surface area (Å²) in [5.41, 5.74) is 2.30. The summed E-state index contributed by atoms with van der Waals surface area (Å²) in [6, 6.07) is 11.2. The maximum atomic E-state index is 12.5. The van der Waals surface area contributed by atoms with E-state index >= 15 is 0 Å². The number of rotatable bonds is 2. The molecule has 1 amide bonds. The first kappa shape index (κ1) is 15.4. The Morgan fingerprint density at radius 3 is 2.68 bits per heavy atom. The van der Waals surface area contributed by atoms with Crippen LogP contribution in [0.4, 0.5) is 11.4 Å². The standard InChI is InChI=1S/C16H14Br2N2O2/c1-20-7-8-22-14-6-5-10(9-13(14)20)19-16(21)15-11(17)3-2-4-12(15)18/h2-6,9H,7-8H2,1H3,(H,19,21). The first-order valence-electron chi connectivity index (χ1n) is 6.79.